The molecule has 0 spiro atoms. The predicted octanol–water partition coefficient (Wildman–Crippen LogP) is 4.92. The number of aromatic amines is 1. The summed E-state index contributed by atoms with van der Waals surface area (Å²) in [6.07, 6.45) is 4.28. The molecule has 172 valence electrons. The Bertz CT molecular complexity index is 1720. The van der Waals surface area contributed by atoms with E-state index in [0.29, 0.717) is 22.3 Å². The van der Waals surface area contributed by atoms with Crippen LogP contribution in [0.5, 0.6) is 0 Å². The number of hydrogen-bond acceptors (Lipinski definition) is 5. The molecule has 0 saturated carbocycles. The normalized spacial score (nSPS) is 11.2. The number of anilines is 3. The maximum Gasteiger partial charge on any atom is 0.269 e. The SMILES string of the molecule is C=C=CC(=O)Nc1ccc2ncnc(N(c3ccc4[nH]ccc4c3)S(=O)(=O)c3ccccc3)c2c1. The lowest BCUT2D eigenvalue weighted by atomic mass is 10.2. The Morgan fingerprint density at radius 3 is 2.66 bits per heavy atom. The Morgan fingerprint density at radius 1 is 1.03 bits per heavy atom. The van der Waals surface area contributed by atoms with Crippen molar-refractivity contribution in [2.75, 3.05) is 9.62 Å². The highest BCUT2D eigenvalue weighted by Crippen LogP contribution is 2.37. The van der Waals surface area contributed by atoms with Crippen LogP contribution in [-0.4, -0.2) is 29.3 Å². The summed E-state index contributed by atoms with van der Waals surface area (Å²) < 4.78 is 29.1. The van der Waals surface area contributed by atoms with Crippen molar-refractivity contribution >= 4 is 54.9 Å². The van der Waals surface area contributed by atoms with Crippen molar-refractivity contribution < 1.29 is 13.2 Å². The summed E-state index contributed by atoms with van der Waals surface area (Å²) in [6.45, 7) is 3.40. The van der Waals surface area contributed by atoms with Gasteiger partial charge in [-0.05, 0) is 54.6 Å². The number of carbonyl (C=O) groups excluding carboxylic acids is 1. The van der Waals surface area contributed by atoms with E-state index in [4.69, 9.17) is 0 Å². The molecular weight excluding hydrogens is 462 g/mol. The van der Waals surface area contributed by atoms with Crippen molar-refractivity contribution in [2.45, 2.75) is 4.90 Å². The van der Waals surface area contributed by atoms with Crippen molar-refractivity contribution in [1.82, 2.24) is 15.0 Å². The van der Waals surface area contributed by atoms with Gasteiger partial charge in [0.05, 0.1) is 16.1 Å². The van der Waals surface area contributed by atoms with Crippen LogP contribution in [0.1, 0.15) is 0 Å². The van der Waals surface area contributed by atoms with E-state index >= 15 is 0 Å². The molecular formula is C26H19N5O3S. The lowest BCUT2D eigenvalue weighted by Crippen LogP contribution is -2.27. The highest BCUT2D eigenvalue weighted by atomic mass is 32.2. The average Bonchev–Trinajstić information content (AvgIpc) is 3.33. The fraction of sp³-hybridized carbons (Fsp3) is 0. The molecule has 2 heterocycles. The van der Waals surface area contributed by atoms with Crippen LogP contribution in [0.15, 0.2) is 109 Å². The number of nitrogens with one attached hydrogen (secondary N) is 2. The molecule has 0 saturated heterocycles. The highest BCUT2D eigenvalue weighted by Gasteiger charge is 2.29. The number of sulfonamides is 1. The number of aromatic nitrogens is 3. The molecule has 0 bridgehead atoms. The summed E-state index contributed by atoms with van der Waals surface area (Å²) >= 11 is 0. The van der Waals surface area contributed by atoms with Crippen LogP contribution in [0.25, 0.3) is 21.8 Å². The Hall–Kier alpha value is -4.72. The number of nitrogens with zero attached hydrogens (tertiary/aromatic N) is 3. The van der Waals surface area contributed by atoms with Gasteiger partial charge in [-0.25, -0.2) is 22.7 Å². The van der Waals surface area contributed by atoms with Gasteiger partial charge in [-0.2, -0.15) is 0 Å². The van der Waals surface area contributed by atoms with E-state index in [1.807, 2.05) is 12.1 Å². The number of fused-ring (bicyclic) bond motifs is 2. The number of hydrogen-bond donors (Lipinski definition) is 2. The minimum absolute atomic E-state index is 0.113. The molecule has 2 N–H and O–H groups in total. The molecule has 0 atom stereocenters. The standard InChI is InChI=1S/C26H19N5O3S/c1-2-6-25(32)30-19-9-11-24-22(16-19)26(29-17-28-24)31(35(33,34)21-7-4-3-5-8-21)20-10-12-23-18(15-20)13-14-27-23/h3-17,27H,1H2,(H,30,32). The predicted molar refractivity (Wildman–Crippen MR) is 136 cm³/mol. The van der Waals surface area contributed by atoms with Gasteiger partial charge in [0.25, 0.3) is 15.9 Å². The molecule has 8 nitrogen and oxygen atoms in total. The monoisotopic (exact) mass is 481 g/mol. The molecule has 0 aliphatic heterocycles. The fourth-order valence-corrected chi connectivity index (χ4v) is 5.27. The van der Waals surface area contributed by atoms with Crippen LogP contribution in [0.4, 0.5) is 17.2 Å². The second-order valence-corrected chi connectivity index (χ2v) is 9.39. The Morgan fingerprint density at radius 2 is 1.86 bits per heavy atom. The Labute approximate surface area is 201 Å². The van der Waals surface area contributed by atoms with E-state index in [-0.39, 0.29) is 10.7 Å². The van der Waals surface area contributed by atoms with Gasteiger partial charge in [0.15, 0.2) is 5.82 Å². The first-order valence-electron chi connectivity index (χ1n) is 10.6. The molecule has 0 aliphatic carbocycles. The molecule has 0 unspecified atom stereocenters. The van der Waals surface area contributed by atoms with Crippen molar-refractivity contribution in [3.05, 3.63) is 104 Å². The van der Waals surface area contributed by atoms with Crippen molar-refractivity contribution in [3.63, 3.8) is 0 Å². The third-order valence-electron chi connectivity index (χ3n) is 5.36. The van der Waals surface area contributed by atoms with Crippen LogP contribution < -0.4 is 9.62 Å². The summed E-state index contributed by atoms with van der Waals surface area (Å²) in [7, 11) is -4.07. The summed E-state index contributed by atoms with van der Waals surface area (Å²) in [5.41, 5.74) is 4.67. The topological polar surface area (TPSA) is 108 Å². The smallest absolute Gasteiger partial charge is 0.269 e. The minimum Gasteiger partial charge on any atom is -0.361 e. The minimum atomic E-state index is -4.07. The van der Waals surface area contributed by atoms with Gasteiger partial charge in [0, 0.05) is 34.2 Å². The molecule has 1 amide bonds. The largest absolute Gasteiger partial charge is 0.361 e. The zero-order valence-corrected chi connectivity index (χ0v) is 19.2. The maximum absolute atomic E-state index is 14.0. The highest BCUT2D eigenvalue weighted by molar-refractivity contribution is 7.93. The van der Waals surface area contributed by atoms with Crippen molar-refractivity contribution in [1.29, 1.82) is 0 Å². The van der Waals surface area contributed by atoms with Crippen LogP contribution in [0.2, 0.25) is 0 Å². The maximum atomic E-state index is 14.0. The third-order valence-corrected chi connectivity index (χ3v) is 7.09. The number of rotatable bonds is 6. The Kier molecular flexibility index (Phi) is 5.62. The molecule has 5 aromatic rings. The molecule has 35 heavy (non-hydrogen) atoms. The first-order valence-corrected chi connectivity index (χ1v) is 12.0. The van der Waals surface area contributed by atoms with E-state index in [1.54, 1.807) is 54.7 Å². The number of H-pyrrole nitrogens is 1. The van der Waals surface area contributed by atoms with Gasteiger partial charge in [0.2, 0.25) is 0 Å². The molecule has 3 aromatic carbocycles. The number of benzene rings is 3. The van der Waals surface area contributed by atoms with Gasteiger partial charge >= 0.3 is 0 Å². The molecule has 0 aliphatic rings. The molecule has 9 heteroatoms. The van der Waals surface area contributed by atoms with E-state index in [0.717, 1.165) is 10.9 Å². The molecule has 5 rings (SSSR count). The van der Waals surface area contributed by atoms with Gasteiger partial charge < -0.3 is 10.3 Å². The van der Waals surface area contributed by atoms with E-state index < -0.39 is 15.9 Å². The third kappa shape index (κ3) is 4.17. The van der Waals surface area contributed by atoms with Gasteiger partial charge in [0.1, 0.15) is 6.33 Å². The summed E-state index contributed by atoms with van der Waals surface area (Å²) in [5.74, 6) is -0.256. The van der Waals surface area contributed by atoms with Crippen LogP contribution in [0, 0.1) is 0 Å². The van der Waals surface area contributed by atoms with Crippen LogP contribution in [-0.2, 0) is 14.8 Å². The Balaban J connectivity index is 1.75. The zero-order chi connectivity index (χ0) is 24.4. The van der Waals surface area contributed by atoms with Gasteiger partial charge in [-0.3, -0.25) is 4.79 Å². The van der Waals surface area contributed by atoms with Gasteiger partial charge in [-0.15, -0.1) is 5.73 Å². The van der Waals surface area contributed by atoms with Crippen LogP contribution in [0.3, 0.4) is 0 Å². The number of carbonyl (C=O) groups is 1. The van der Waals surface area contributed by atoms with E-state index in [1.165, 1.54) is 28.8 Å². The fourth-order valence-electron chi connectivity index (χ4n) is 3.79. The second-order valence-electron chi connectivity index (χ2n) is 7.60. The van der Waals surface area contributed by atoms with Crippen LogP contribution >= 0.6 is 0 Å². The average molecular weight is 482 g/mol. The lowest BCUT2D eigenvalue weighted by Gasteiger charge is -2.25. The summed E-state index contributed by atoms with van der Waals surface area (Å²) in [5, 5.41) is 4.00. The lowest BCUT2D eigenvalue weighted by molar-refractivity contribution is -0.111. The van der Waals surface area contributed by atoms with Crippen molar-refractivity contribution in [2.24, 2.45) is 0 Å². The van der Waals surface area contributed by atoms with Crippen molar-refractivity contribution in [3.8, 4) is 0 Å². The first kappa shape index (κ1) is 22.1. The summed E-state index contributed by atoms with van der Waals surface area (Å²) in [6, 6.07) is 20.3. The second kappa shape index (κ2) is 8.90. The zero-order valence-electron chi connectivity index (χ0n) is 18.3. The molecule has 0 radical (unpaired) electrons. The number of amides is 1. The van der Waals surface area contributed by atoms with Gasteiger partial charge in [-0.1, -0.05) is 24.8 Å². The molecule has 0 fully saturated rings. The first-order chi connectivity index (χ1) is 17.0. The van der Waals surface area contributed by atoms with E-state index in [9.17, 15) is 13.2 Å². The van der Waals surface area contributed by atoms with E-state index in [2.05, 4.69) is 32.6 Å². The molecule has 2 aromatic heterocycles. The quantitative estimate of drug-likeness (QED) is 0.264. The summed E-state index contributed by atoms with van der Waals surface area (Å²) in [4.78, 5) is 23.9.